The fourth-order valence-corrected chi connectivity index (χ4v) is 2.02. The highest BCUT2D eigenvalue weighted by molar-refractivity contribution is 5.93. The summed E-state index contributed by atoms with van der Waals surface area (Å²) in [7, 11) is 0. The second-order valence-corrected chi connectivity index (χ2v) is 4.58. The summed E-state index contributed by atoms with van der Waals surface area (Å²) in [5, 5.41) is 13.9. The van der Waals surface area contributed by atoms with Crippen LogP contribution in [0.15, 0.2) is 36.7 Å². The summed E-state index contributed by atoms with van der Waals surface area (Å²) in [6.45, 7) is 4.87. The van der Waals surface area contributed by atoms with E-state index in [2.05, 4.69) is 20.9 Å². The van der Waals surface area contributed by atoms with E-state index in [0.717, 1.165) is 17.9 Å². The molecule has 0 aliphatic rings. The SMILES string of the molecule is CCNC(C)CC(=O)Nc1ccccc1-n1ccnn1. The van der Waals surface area contributed by atoms with Crippen LogP contribution in [0.4, 0.5) is 5.69 Å². The number of nitrogens with one attached hydrogen (secondary N) is 2. The number of benzene rings is 1. The van der Waals surface area contributed by atoms with Crippen LogP contribution in [0, 0.1) is 0 Å². The first-order chi connectivity index (χ1) is 9.70. The third-order valence-electron chi connectivity index (χ3n) is 2.89. The van der Waals surface area contributed by atoms with Crippen molar-refractivity contribution in [1.29, 1.82) is 0 Å². The fourth-order valence-electron chi connectivity index (χ4n) is 2.02. The molecule has 0 saturated carbocycles. The van der Waals surface area contributed by atoms with Gasteiger partial charge in [0.1, 0.15) is 0 Å². The van der Waals surface area contributed by atoms with Crippen molar-refractivity contribution in [3.05, 3.63) is 36.7 Å². The fraction of sp³-hybridized carbons (Fsp3) is 0.357. The van der Waals surface area contributed by atoms with Gasteiger partial charge in [-0.15, -0.1) is 5.10 Å². The minimum atomic E-state index is -0.0222. The first-order valence-electron chi connectivity index (χ1n) is 6.69. The van der Waals surface area contributed by atoms with E-state index in [4.69, 9.17) is 0 Å². The largest absolute Gasteiger partial charge is 0.324 e. The zero-order valence-electron chi connectivity index (χ0n) is 11.7. The number of rotatable bonds is 6. The van der Waals surface area contributed by atoms with Crippen LogP contribution in [0.1, 0.15) is 20.3 Å². The van der Waals surface area contributed by atoms with E-state index < -0.39 is 0 Å². The summed E-state index contributed by atoms with van der Waals surface area (Å²) in [4.78, 5) is 12.0. The van der Waals surface area contributed by atoms with Gasteiger partial charge < -0.3 is 10.6 Å². The van der Waals surface area contributed by atoms with E-state index in [1.54, 1.807) is 17.1 Å². The van der Waals surface area contributed by atoms with Gasteiger partial charge in [0.2, 0.25) is 5.91 Å². The molecule has 2 N–H and O–H groups in total. The van der Waals surface area contributed by atoms with Crippen molar-refractivity contribution in [3.63, 3.8) is 0 Å². The van der Waals surface area contributed by atoms with Crippen molar-refractivity contribution in [3.8, 4) is 5.69 Å². The van der Waals surface area contributed by atoms with Crippen LogP contribution in [-0.2, 0) is 4.79 Å². The molecule has 1 amide bonds. The Morgan fingerprint density at radius 1 is 1.40 bits per heavy atom. The molecule has 1 unspecified atom stereocenters. The van der Waals surface area contributed by atoms with E-state index in [0.29, 0.717) is 6.42 Å². The monoisotopic (exact) mass is 273 g/mol. The third-order valence-corrected chi connectivity index (χ3v) is 2.89. The molecule has 1 aromatic heterocycles. The van der Waals surface area contributed by atoms with E-state index in [1.807, 2.05) is 38.1 Å². The van der Waals surface area contributed by atoms with Crippen molar-refractivity contribution in [2.75, 3.05) is 11.9 Å². The van der Waals surface area contributed by atoms with E-state index >= 15 is 0 Å². The summed E-state index contributed by atoms with van der Waals surface area (Å²) < 4.78 is 1.63. The number of nitrogens with zero attached hydrogens (tertiary/aromatic N) is 3. The zero-order chi connectivity index (χ0) is 14.4. The maximum absolute atomic E-state index is 12.0. The van der Waals surface area contributed by atoms with Crippen molar-refractivity contribution in [2.24, 2.45) is 0 Å². The molecule has 1 heterocycles. The Balaban J connectivity index is 2.08. The lowest BCUT2D eigenvalue weighted by Gasteiger charge is -2.14. The summed E-state index contributed by atoms with van der Waals surface area (Å²) in [6.07, 6.45) is 3.78. The molecule has 0 aliphatic heterocycles. The van der Waals surface area contributed by atoms with Crippen molar-refractivity contribution >= 4 is 11.6 Å². The van der Waals surface area contributed by atoms with Crippen LogP contribution in [0.3, 0.4) is 0 Å². The number of carbonyl (C=O) groups is 1. The number of aromatic nitrogens is 3. The summed E-state index contributed by atoms with van der Waals surface area (Å²) in [5.41, 5.74) is 1.53. The second kappa shape index (κ2) is 6.81. The van der Waals surface area contributed by atoms with Gasteiger partial charge in [-0.25, -0.2) is 4.68 Å². The summed E-state index contributed by atoms with van der Waals surface area (Å²) in [6, 6.07) is 7.67. The highest BCUT2D eigenvalue weighted by atomic mass is 16.1. The summed E-state index contributed by atoms with van der Waals surface area (Å²) >= 11 is 0. The van der Waals surface area contributed by atoms with E-state index in [9.17, 15) is 4.79 Å². The molecule has 6 nitrogen and oxygen atoms in total. The number of hydrogen-bond acceptors (Lipinski definition) is 4. The van der Waals surface area contributed by atoms with Gasteiger partial charge >= 0.3 is 0 Å². The Morgan fingerprint density at radius 2 is 2.20 bits per heavy atom. The first-order valence-corrected chi connectivity index (χ1v) is 6.69. The van der Waals surface area contributed by atoms with Gasteiger partial charge in [0.15, 0.2) is 0 Å². The first kappa shape index (κ1) is 14.2. The van der Waals surface area contributed by atoms with E-state index in [-0.39, 0.29) is 11.9 Å². The number of hydrogen-bond donors (Lipinski definition) is 2. The standard InChI is InChI=1S/C14H19N5O/c1-3-15-11(2)10-14(20)17-12-6-4-5-7-13(12)19-9-8-16-18-19/h4-9,11,15H,3,10H2,1-2H3,(H,17,20). The normalized spacial score (nSPS) is 12.1. The van der Waals surface area contributed by atoms with Gasteiger partial charge in [0, 0.05) is 12.5 Å². The molecule has 0 radical (unpaired) electrons. The van der Waals surface area contributed by atoms with Gasteiger partial charge in [-0.3, -0.25) is 4.79 Å². The van der Waals surface area contributed by atoms with Crippen molar-refractivity contribution < 1.29 is 4.79 Å². The molecule has 20 heavy (non-hydrogen) atoms. The molecule has 0 bridgehead atoms. The molecule has 6 heteroatoms. The molecular formula is C14H19N5O. The molecule has 2 aromatic rings. The molecule has 0 fully saturated rings. The lowest BCUT2D eigenvalue weighted by atomic mass is 10.2. The highest BCUT2D eigenvalue weighted by Gasteiger charge is 2.11. The Morgan fingerprint density at radius 3 is 2.90 bits per heavy atom. The molecule has 0 spiro atoms. The maximum atomic E-state index is 12.0. The molecule has 0 saturated heterocycles. The summed E-state index contributed by atoms with van der Waals surface area (Å²) in [5.74, 6) is -0.0222. The Labute approximate surface area is 118 Å². The highest BCUT2D eigenvalue weighted by Crippen LogP contribution is 2.18. The van der Waals surface area contributed by atoms with Crippen LogP contribution < -0.4 is 10.6 Å². The minimum Gasteiger partial charge on any atom is -0.324 e. The molecule has 106 valence electrons. The third kappa shape index (κ3) is 3.64. The Hall–Kier alpha value is -2.21. The molecule has 1 atom stereocenters. The molecule has 0 aliphatic carbocycles. The quantitative estimate of drug-likeness (QED) is 0.838. The number of amides is 1. The lowest BCUT2D eigenvalue weighted by molar-refractivity contribution is -0.116. The maximum Gasteiger partial charge on any atom is 0.225 e. The zero-order valence-corrected chi connectivity index (χ0v) is 11.7. The number of carbonyl (C=O) groups excluding carboxylic acids is 1. The van der Waals surface area contributed by atoms with Gasteiger partial charge in [-0.1, -0.05) is 24.3 Å². The van der Waals surface area contributed by atoms with Gasteiger partial charge in [-0.2, -0.15) is 0 Å². The molecule has 2 rings (SSSR count). The molecular weight excluding hydrogens is 254 g/mol. The van der Waals surface area contributed by atoms with Gasteiger partial charge in [0.25, 0.3) is 0 Å². The average molecular weight is 273 g/mol. The van der Waals surface area contributed by atoms with Crippen LogP contribution >= 0.6 is 0 Å². The predicted octanol–water partition coefficient (Wildman–Crippen LogP) is 1.59. The number of para-hydroxylation sites is 2. The number of anilines is 1. The van der Waals surface area contributed by atoms with Crippen LogP contribution in [0.25, 0.3) is 5.69 Å². The lowest BCUT2D eigenvalue weighted by Crippen LogP contribution is -2.30. The predicted molar refractivity (Wildman–Crippen MR) is 77.7 cm³/mol. The topological polar surface area (TPSA) is 71.8 Å². The minimum absolute atomic E-state index is 0.0222. The Kier molecular flexibility index (Phi) is 4.84. The van der Waals surface area contributed by atoms with Crippen LogP contribution in [0.2, 0.25) is 0 Å². The van der Waals surface area contributed by atoms with E-state index in [1.165, 1.54) is 0 Å². The van der Waals surface area contributed by atoms with Crippen LogP contribution in [0.5, 0.6) is 0 Å². The molecule has 1 aromatic carbocycles. The van der Waals surface area contributed by atoms with Crippen molar-refractivity contribution in [1.82, 2.24) is 20.3 Å². The van der Waals surface area contributed by atoms with Gasteiger partial charge in [0.05, 0.1) is 23.8 Å². The second-order valence-electron chi connectivity index (χ2n) is 4.58. The van der Waals surface area contributed by atoms with Gasteiger partial charge in [-0.05, 0) is 25.6 Å². The smallest absolute Gasteiger partial charge is 0.225 e. The Bertz CT molecular complexity index is 552. The van der Waals surface area contributed by atoms with Crippen LogP contribution in [-0.4, -0.2) is 33.5 Å². The van der Waals surface area contributed by atoms with Crippen molar-refractivity contribution in [2.45, 2.75) is 26.3 Å². The average Bonchev–Trinajstić information content (AvgIpc) is 2.93.